The monoisotopic (exact) mass is 260 g/mol. The van der Waals surface area contributed by atoms with Gasteiger partial charge in [-0.05, 0) is 50.7 Å². The predicted molar refractivity (Wildman–Crippen MR) is 77.2 cm³/mol. The van der Waals surface area contributed by atoms with Gasteiger partial charge in [0.1, 0.15) is 6.10 Å². The molecule has 0 bridgehead atoms. The van der Waals surface area contributed by atoms with Crippen molar-refractivity contribution in [2.45, 2.75) is 59.0 Å². The quantitative estimate of drug-likeness (QED) is 0.744. The molecule has 19 heavy (non-hydrogen) atoms. The Morgan fingerprint density at radius 3 is 2.63 bits per heavy atom. The van der Waals surface area contributed by atoms with Gasteiger partial charge in [0.05, 0.1) is 5.56 Å². The third kappa shape index (κ3) is 2.68. The van der Waals surface area contributed by atoms with Crippen LogP contribution in [-0.2, 0) is 4.74 Å². The number of benzene rings is 1. The van der Waals surface area contributed by atoms with Crippen molar-refractivity contribution in [3.63, 3.8) is 0 Å². The van der Waals surface area contributed by atoms with Crippen LogP contribution in [0.5, 0.6) is 0 Å². The van der Waals surface area contributed by atoms with Gasteiger partial charge in [-0.25, -0.2) is 4.79 Å². The Bertz CT molecular complexity index is 446. The second-order valence-electron chi connectivity index (χ2n) is 5.67. The summed E-state index contributed by atoms with van der Waals surface area (Å²) in [5, 5.41) is 0. The molecule has 0 saturated heterocycles. The minimum absolute atomic E-state index is 0.0922. The van der Waals surface area contributed by atoms with Gasteiger partial charge >= 0.3 is 5.97 Å². The number of rotatable bonds is 4. The van der Waals surface area contributed by atoms with E-state index in [1.807, 2.05) is 31.2 Å². The van der Waals surface area contributed by atoms with Gasteiger partial charge in [-0.1, -0.05) is 32.0 Å². The van der Waals surface area contributed by atoms with Crippen molar-refractivity contribution >= 4 is 5.97 Å². The zero-order valence-electron chi connectivity index (χ0n) is 12.2. The van der Waals surface area contributed by atoms with Crippen molar-refractivity contribution in [3.05, 3.63) is 35.4 Å². The topological polar surface area (TPSA) is 26.3 Å². The minimum atomic E-state index is -0.156. The van der Waals surface area contributed by atoms with Gasteiger partial charge < -0.3 is 4.74 Å². The largest absolute Gasteiger partial charge is 0.458 e. The first-order valence-corrected chi connectivity index (χ1v) is 7.39. The van der Waals surface area contributed by atoms with Crippen LogP contribution in [0.4, 0.5) is 0 Å². The molecule has 0 aliphatic heterocycles. The molecule has 1 unspecified atom stereocenters. The molecule has 0 spiro atoms. The van der Waals surface area contributed by atoms with Crippen molar-refractivity contribution in [2.75, 3.05) is 0 Å². The summed E-state index contributed by atoms with van der Waals surface area (Å²) in [6, 6.07) is 7.65. The third-order valence-corrected chi connectivity index (χ3v) is 4.85. The normalized spacial score (nSPS) is 21.3. The molecule has 1 atom stereocenters. The molecule has 2 rings (SSSR count). The van der Waals surface area contributed by atoms with Crippen LogP contribution in [0.15, 0.2) is 24.3 Å². The Labute approximate surface area is 116 Å². The molecule has 2 nitrogen and oxygen atoms in total. The van der Waals surface area contributed by atoms with Gasteiger partial charge in [0.15, 0.2) is 0 Å². The molecule has 1 aromatic rings. The number of carbonyl (C=O) groups is 1. The van der Waals surface area contributed by atoms with E-state index in [4.69, 9.17) is 4.74 Å². The van der Waals surface area contributed by atoms with Crippen molar-refractivity contribution in [2.24, 2.45) is 5.41 Å². The zero-order chi connectivity index (χ0) is 13.9. The maximum Gasteiger partial charge on any atom is 0.338 e. The third-order valence-electron chi connectivity index (χ3n) is 4.85. The fraction of sp³-hybridized carbons (Fsp3) is 0.588. The summed E-state index contributed by atoms with van der Waals surface area (Å²) in [6.45, 7) is 6.38. The SMILES string of the molecule is CCC1(CC)CCCC1OC(=O)c1ccccc1C. The summed E-state index contributed by atoms with van der Waals surface area (Å²) in [4.78, 5) is 12.3. The highest BCUT2D eigenvalue weighted by Gasteiger charge is 2.42. The second-order valence-corrected chi connectivity index (χ2v) is 5.67. The lowest BCUT2D eigenvalue weighted by molar-refractivity contribution is -0.00840. The molecule has 0 N–H and O–H groups in total. The summed E-state index contributed by atoms with van der Waals surface area (Å²) < 4.78 is 5.84. The summed E-state index contributed by atoms with van der Waals surface area (Å²) in [7, 11) is 0. The zero-order valence-corrected chi connectivity index (χ0v) is 12.2. The van der Waals surface area contributed by atoms with Gasteiger partial charge in [0.2, 0.25) is 0 Å². The van der Waals surface area contributed by atoms with E-state index in [9.17, 15) is 4.79 Å². The molecular weight excluding hydrogens is 236 g/mol. The standard InChI is InChI=1S/C17H24O2/c1-4-17(5-2)12-8-11-15(17)19-16(18)14-10-7-6-9-13(14)3/h6-7,9-10,15H,4-5,8,11-12H2,1-3H3. The maximum atomic E-state index is 12.3. The smallest absolute Gasteiger partial charge is 0.338 e. The van der Waals surface area contributed by atoms with Gasteiger partial charge in [-0.3, -0.25) is 0 Å². The predicted octanol–water partition coefficient (Wildman–Crippen LogP) is 4.51. The molecule has 104 valence electrons. The number of carbonyl (C=O) groups excluding carboxylic acids is 1. The van der Waals surface area contributed by atoms with Crippen LogP contribution >= 0.6 is 0 Å². The van der Waals surface area contributed by atoms with E-state index < -0.39 is 0 Å². The molecule has 1 aliphatic carbocycles. The summed E-state index contributed by atoms with van der Waals surface area (Å²) in [6.07, 6.45) is 5.65. The lowest BCUT2D eigenvalue weighted by atomic mass is 9.79. The van der Waals surface area contributed by atoms with Crippen LogP contribution in [-0.4, -0.2) is 12.1 Å². The Morgan fingerprint density at radius 1 is 1.32 bits per heavy atom. The van der Waals surface area contributed by atoms with Crippen molar-refractivity contribution in [1.29, 1.82) is 0 Å². The first-order valence-electron chi connectivity index (χ1n) is 7.39. The summed E-state index contributed by atoms with van der Waals surface area (Å²) in [5.74, 6) is -0.156. The average molecular weight is 260 g/mol. The van der Waals surface area contributed by atoms with Gasteiger partial charge in [0.25, 0.3) is 0 Å². The minimum Gasteiger partial charge on any atom is -0.458 e. The van der Waals surface area contributed by atoms with Crippen molar-refractivity contribution in [1.82, 2.24) is 0 Å². The van der Waals surface area contributed by atoms with Crippen molar-refractivity contribution in [3.8, 4) is 0 Å². The number of aryl methyl sites for hydroxylation is 1. The molecular formula is C17H24O2. The van der Waals surface area contributed by atoms with E-state index >= 15 is 0 Å². The highest BCUT2D eigenvalue weighted by molar-refractivity contribution is 5.91. The molecule has 1 aromatic carbocycles. The lowest BCUT2D eigenvalue weighted by Gasteiger charge is -2.33. The Kier molecular flexibility index (Phi) is 4.28. The Hall–Kier alpha value is -1.31. The van der Waals surface area contributed by atoms with Crippen molar-refractivity contribution < 1.29 is 9.53 Å². The maximum absolute atomic E-state index is 12.3. The van der Waals surface area contributed by atoms with Gasteiger partial charge in [0, 0.05) is 5.41 Å². The van der Waals surface area contributed by atoms with E-state index in [-0.39, 0.29) is 17.5 Å². The highest BCUT2D eigenvalue weighted by Crippen LogP contribution is 2.45. The van der Waals surface area contributed by atoms with Crippen LogP contribution in [0.2, 0.25) is 0 Å². The molecule has 2 heteroatoms. The fourth-order valence-electron chi connectivity index (χ4n) is 3.34. The number of ether oxygens (including phenoxy) is 1. The lowest BCUT2D eigenvalue weighted by Crippen LogP contribution is -2.33. The molecule has 1 fully saturated rings. The van der Waals surface area contributed by atoms with Crippen LogP contribution in [0.3, 0.4) is 0 Å². The van der Waals surface area contributed by atoms with Crippen LogP contribution in [0.1, 0.15) is 61.9 Å². The fourth-order valence-corrected chi connectivity index (χ4v) is 3.34. The number of hydrogen-bond donors (Lipinski definition) is 0. The Balaban J connectivity index is 2.13. The molecule has 1 saturated carbocycles. The van der Waals surface area contributed by atoms with Crippen LogP contribution < -0.4 is 0 Å². The first kappa shape index (κ1) is 14.1. The number of esters is 1. The van der Waals surface area contributed by atoms with Gasteiger partial charge in [-0.15, -0.1) is 0 Å². The number of hydrogen-bond acceptors (Lipinski definition) is 2. The van der Waals surface area contributed by atoms with E-state index in [1.165, 1.54) is 12.8 Å². The molecule has 0 amide bonds. The highest BCUT2D eigenvalue weighted by atomic mass is 16.5. The van der Waals surface area contributed by atoms with Gasteiger partial charge in [-0.2, -0.15) is 0 Å². The van der Waals surface area contributed by atoms with Crippen LogP contribution in [0.25, 0.3) is 0 Å². The Morgan fingerprint density at radius 2 is 2.00 bits per heavy atom. The molecule has 0 heterocycles. The summed E-state index contributed by atoms with van der Waals surface area (Å²) >= 11 is 0. The molecule has 0 aromatic heterocycles. The van der Waals surface area contributed by atoms with E-state index in [0.29, 0.717) is 5.56 Å². The second kappa shape index (κ2) is 5.77. The van der Waals surface area contributed by atoms with E-state index in [0.717, 1.165) is 24.8 Å². The van der Waals surface area contributed by atoms with E-state index in [2.05, 4.69) is 13.8 Å². The first-order chi connectivity index (χ1) is 9.13. The summed E-state index contributed by atoms with van der Waals surface area (Å²) in [5.41, 5.74) is 1.90. The molecule has 0 radical (unpaired) electrons. The average Bonchev–Trinajstić information content (AvgIpc) is 2.82. The van der Waals surface area contributed by atoms with Crippen LogP contribution in [0, 0.1) is 12.3 Å². The molecule has 1 aliphatic rings. The van der Waals surface area contributed by atoms with E-state index in [1.54, 1.807) is 0 Å².